The van der Waals surface area contributed by atoms with Crippen LogP contribution in [0.1, 0.15) is 44.2 Å². The average Bonchev–Trinajstić information content (AvgIpc) is 2.29. The lowest BCUT2D eigenvalue weighted by atomic mass is 10.1. The van der Waals surface area contributed by atoms with E-state index in [0.717, 1.165) is 4.57 Å². The lowest BCUT2D eigenvalue weighted by Crippen LogP contribution is -2.42. The first kappa shape index (κ1) is 15.3. The van der Waals surface area contributed by atoms with Crippen molar-refractivity contribution in [2.45, 2.75) is 38.6 Å². The van der Waals surface area contributed by atoms with Gasteiger partial charge in [0.05, 0.1) is 17.1 Å². The topological polar surface area (TPSA) is 89.0 Å². The second kappa shape index (κ2) is 5.37. The summed E-state index contributed by atoms with van der Waals surface area (Å²) in [4.78, 5) is 26.9. The molecule has 8 heteroatoms. The Balaban J connectivity index is 2.51. The number of aromatic amines is 1. The maximum Gasteiger partial charge on any atom is 0.329 e. The van der Waals surface area contributed by atoms with Gasteiger partial charge in [0.25, 0.3) is 5.56 Å². The van der Waals surface area contributed by atoms with Crippen molar-refractivity contribution in [1.82, 2.24) is 9.55 Å². The third-order valence-electron chi connectivity index (χ3n) is 3.59. The molecule has 0 amide bonds. The number of H-pyrrole nitrogens is 1. The van der Waals surface area contributed by atoms with Gasteiger partial charge < -0.3 is 0 Å². The predicted octanol–water partition coefficient (Wildman–Crippen LogP) is 1.06. The molecule has 1 saturated heterocycles. The summed E-state index contributed by atoms with van der Waals surface area (Å²) in [6, 6.07) is -0.385. The summed E-state index contributed by atoms with van der Waals surface area (Å²) >= 11 is 5.92. The van der Waals surface area contributed by atoms with E-state index >= 15 is 0 Å². The first-order valence-corrected chi connectivity index (χ1v) is 8.67. The van der Waals surface area contributed by atoms with Crippen LogP contribution in [0.3, 0.4) is 0 Å². The first-order chi connectivity index (χ1) is 9.23. The first-order valence-electron chi connectivity index (χ1n) is 6.47. The van der Waals surface area contributed by atoms with Crippen LogP contribution in [0.5, 0.6) is 0 Å². The number of halogens is 1. The zero-order chi connectivity index (χ0) is 15.1. The van der Waals surface area contributed by atoms with Gasteiger partial charge in [0.1, 0.15) is 15.0 Å². The Bertz CT molecular complexity index is 719. The van der Waals surface area contributed by atoms with E-state index < -0.39 is 21.1 Å². The summed E-state index contributed by atoms with van der Waals surface area (Å²) in [6.07, 6.45) is 0.564. The average molecular weight is 321 g/mol. The number of nitrogens with one attached hydrogen (secondary N) is 1. The Morgan fingerprint density at radius 3 is 2.30 bits per heavy atom. The zero-order valence-corrected chi connectivity index (χ0v) is 12.9. The minimum absolute atomic E-state index is 0.00316. The number of hydrogen-bond donors (Lipinski definition) is 1. The van der Waals surface area contributed by atoms with Gasteiger partial charge in [0.15, 0.2) is 0 Å². The summed E-state index contributed by atoms with van der Waals surface area (Å²) in [5.41, 5.74) is -0.633. The smallest absolute Gasteiger partial charge is 0.297 e. The largest absolute Gasteiger partial charge is 0.329 e. The van der Waals surface area contributed by atoms with Crippen molar-refractivity contribution in [2.24, 2.45) is 0 Å². The molecule has 1 aromatic rings. The molecular weight excluding hydrogens is 304 g/mol. The highest BCUT2D eigenvalue weighted by Gasteiger charge is 2.28. The highest BCUT2D eigenvalue weighted by Crippen LogP contribution is 2.23. The van der Waals surface area contributed by atoms with Crippen molar-refractivity contribution < 1.29 is 8.42 Å². The van der Waals surface area contributed by atoms with Gasteiger partial charge in [-0.05, 0) is 18.8 Å². The maximum atomic E-state index is 12.4. The molecule has 0 atom stereocenters. The monoisotopic (exact) mass is 320 g/mol. The van der Waals surface area contributed by atoms with Crippen LogP contribution >= 0.6 is 11.6 Å². The van der Waals surface area contributed by atoms with Crippen molar-refractivity contribution in [1.29, 1.82) is 0 Å². The molecule has 0 unspecified atom stereocenters. The highest BCUT2D eigenvalue weighted by molar-refractivity contribution is 7.91. The van der Waals surface area contributed by atoms with Crippen LogP contribution < -0.4 is 11.2 Å². The van der Waals surface area contributed by atoms with Gasteiger partial charge in [0.2, 0.25) is 0 Å². The Labute approximate surface area is 121 Å². The van der Waals surface area contributed by atoms with Crippen LogP contribution in [0.4, 0.5) is 0 Å². The van der Waals surface area contributed by atoms with Gasteiger partial charge in [-0.1, -0.05) is 25.4 Å². The zero-order valence-electron chi connectivity index (χ0n) is 11.3. The highest BCUT2D eigenvalue weighted by atomic mass is 35.5. The van der Waals surface area contributed by atoms with E-state index in [-0.39, 0.29) is 41.5 Å². The van der Waals surface area contributed by atoms with Gasteiger partial charge in [-0.2, -0.15) is 0 Å². The molecule has 2 heterocycles. The molecule has 1 N–H and O–H groups in total. The fourth-order valence-electron chi connectivity index (χ4n) is 2.51. The van der Waals surface area contributed by atoms with Crippen molar-refractivity contribution in [2.75, 3.05) is 11.5 Å². The molecule has 0 radical (unpaired) electrons. The van der Waals surface area contributed by atoms with Crippen molar-refractivity contribution in [3.8, 4) is 0 Å². The number of aromatic nitrogens is 2. The predicted molar refractivity (Wildman–Crippen MR) is 77.3 cm³/mol. The Hall–Kier alpha value is -1.08. The van der Waals surface area contributed by atoms with E-state index in [0.29, 0.717) is 5.56 Å². The van der Waals surface area contributed by atoms with E-state index in [1.54, 1.807) is 0 Å². The second-order valence-electron chi connectivity index (χ2n) is 5.37. The quantitative estimate of drug-likeness (QED) is 0.825. The van der Waals surface area contributed by atoms with E-state index in [9.17, 15) is 18.0 Å². The van der Waals surface area contributed by atoms with Crippen LogP contribution in [0.25, 0.3) is 0 Å². The normalized spacial score (nSPS) is 19.4. The van der Waals surface area contributed by atoms with Crippen LogP contribution in [0.2, 0.25) is 5.15 Å². The molecule has 20 heavy (non-hydrogen) atoms. The van der Waals surface area contributed by atoms with Gasteiger partial charge in [0, 0.05) is 6.04 Å². The lowest BCUT2D eigenvalue weighted by molar-refractivity contribution is 0.419. The van der Waals surface area contributed by atoms with Crippen molar-refractivity contribution in [3.05, 3.63) is 31.6 Å². The third-order valence-corrected chi connectivity index (χ3v) is 5.60. The Kier molecular flexibility index (Phi) is 4.11. The molecular formula is C12H17ClN2O4S. The molecule has 1 aliphatic rings. The Morgan fingerprint density at radius 1 is 1.25 bits per heavy atom. The van der Waals surface area contributed by atoms with Crippen LogP contribution in [-0.4, -0.2) is 29.5 Å². The summed E-state index contributed by atoms with van der Waals surface area (Å²) in [6.45, 7) is 3.63. The van der Waals surface area contributed by atoms with Gasteiger partial charge in [-0.25, -0.2) is 13.2 Å². The summed E-state index contributed by atoms with van der Waals surface area (Å²) in [5, 5.41) is 0.0645. The van der Waals surface area contributed by atoms with Crippen LogP contribution in [0, 0.1) is 0 Å². The molecule has 0 bridgehead atoms. The fraction of sp³-hybridized carbons (Fsp3) is 0.667. The number of sulfone groups is 1. The molecule has 1 fully saturated rings. The van der Waals surface area contributed by atoms with Gasteiger partial charge in [-0.15, -0.1) is 0 Å². The van der Waals surface area contributed by atoms with E-state index in [1.165, 1.54) is 0 Å². The molecule has 0 spiro atoms. The summed E-state index contributed by atoms with van der Waals surface area (Å²) in [7, 11) is -3.04. The lowest BCUT2D eigenvalue weighted by Gasteiger charge is -2.24. The van der Waals surface area contributed by atoms with Crippen LogP contribution in [0.15, 0.2) is 9.59 Å². The molecule has 6 nitrogen and oxygen atoms in total. The van der Waals surface area contributed by atoms with Crippen LogP contribution in [-0.2, 0) is 9.84 Å². The molecule has 0 aliphatic carbocycles. The standard InChI is InChI=1S/C12H17ClN2O4S/c1-7(2)9-10(13)14-12(17)15(11(9)16)8-3-5-20(18,19)6-4-8/h7-8H,3-6H2,1-2H3,(H,14,17). The SMILES string of the molecule is CC(C)c1c(Cl)[nH]c(=O)n(C2CCS(=O)(=O)CC2)c1=O. The van der Waals surface area contributed by atoms with Gasteiger partial charge >= 0.3 is 5.69 Å². The van der Waals surface area contributed by atoms with Crippen molar-refractivity contribution in [3.63, 3.8) is 0 Å². The minimum atomic E-state index is -3.04. The second-order valence-corrected chi connectivity index (χ2v) is 8.05. The van der Waals surface area contributed by atoms with Crippen molar-refractivity contribution >= 4 is 21.4 Å². The molecule has 0 saturated carbocycles. The number of nitrogens with zero attached hydrogens (tertiary/aromatic N) is 1. The fourth-order valence-corrected chi connectivity index (χ4v) is 4.35. The summed E-state index contributed by atoms with van der Waals surface area (Å²) in [5.74, 6) is -0.114. The third kappa shape index (κ3) is 2.83. The van der Waals surface area contributed by atoms with E-state index in [2.05, 4.69) is 4.98 Å². The van der Waals surface area contributed by atoms with E-state index in [4.69, 9.17) is 11.6 Å². The molecule has 0 aromatic carbocycles. The molecule has 2 rings (SSSR count). The number of hydrogen-bond acceptors (Lipinski definition) is 4. The Morgan fingerprint density at radius 2 is 1.80 bits per heavy atom. The number of rotatable bonds is 2. The molecule has 112 valence electrons. The minimum Gasteiger partial charge on any atom is -0.297 e. The van der Waals surface area contributed by atoms with E-state index in [1.807, 2.05) is 13.8 Å². The summed E-state index contributed by atoms with van der Waals surface area (Å²) < 4.78 is 24.0. The maximum absolute atomic E-state index is 12.4. The molecule has 1 aliphatic heterocycles. The van der Waals surface area contributed by atoms with Gasteiger partial charge in [-0.3, -0.25) is 14.3 Å². The molecule has 1 aromatic heterocycles.